The van der Waals surface area contributed by atoms with Crippen LogP contribution in [0.5, 0.6) is 0 Å². The van der Waals surface area contributed by atoms with Crippen molar-refractivity contribution in [1.29, 1.82) is 0 Å². The van der Waals surface area contributed by atoms with Crippen molar-refractivity contribution < 1.29 is 37.3 Å². The molecule has 0 aromatic carbocycles. The van der Waals surface area contributed by atoms with Gasteiger partial charge in [0.2, 0.25) is 0 Å². The maximum absolute atomic E-state index is 12.7. The summed E-state index contributed by atoms with van der Waals surface area (Å²) in [4.78, 5) is 22.9. The number of rotatable bonds is 39. The second-order valence-electron chi connectivity index (χ2n) is 15.3. The molecule has 334 valence electrons. The Kier molecular flexibility index (Phi) is 39.4. The van der Waals surface area contributed by atoms with Crippen molar-refractivity contribution in [2.75, 3.05) is 54.1 Å². The van der Waals surface area contributed by atoms with Crippen LogP contribution in [0.4, 0.5) is 0 Å². The Hall–Kier alpha value is -3.10. The molecule has 9 heteroatoms. The average Bonchev–Trinajstić information content (AvgIpc) is 3.19. The van der Waals surface area contributed by atoms with Gasteiger partial charge in [-0.15, -0.1) is 0 Å². The van der Waals surface area contributed by atoms with Crippen molar-refractivity contribution in [3.63, 3.8) is 0 Å². The zero-order chi connectivity index (χ0) is 43.4. The van der Waals surface area contributed by atoms with Gasteiger partial charge in [0.25, 0.3) is 0 Å². The van der Waals surface area contributed by atoms with Crippen LogP contribution >= 0.6 is 7.82 Å². The monoisotopic (exact) mass is 841 g/mol. The fourth-order valence-corrected chi connectivity index (χ4v) is 5.91. The molecule has 2 unspecified atom stereocenters. The highest BCUT2D eigenvalue weighted by atomic mass is 31.2. The summed E-state index contributed by atoms with van der Waals surface area (Å²) >= 11 is 0. The number of unbranched alkanes of at least 4 members (excludes halogenated alkanes) is 5. The predicted octanol–water partition coefficient (Wildman–Crippen LogP) is 13.4. The maximum atomic E-state index is 12.7. The smallest absolute Gasteiger partial charge is 0.457 e. The summed E-state index contributed by atoms with van der Waals surface area (Å²) in [6, 6.07) is 0. The van der Waals surface area contributed by atoms with Gasteiger partial charge in [0, 0.05) is 6.42 Å². The molecule has 0 aliphatic carbocycles. The Morgan fingerprint density at radius 1 is 0.525 bits per heavy atom. The van der Waals surface area contributed by atoms with Crippen molar-refractivity contribution in [3.05, 3.63) is 122 Å². The highest BCUT2D eigenvalue weighted by Crippen LogP contribution is 2.43. The lowest BCUT2D eigenvalue weighted by Crippen LogP contribution is -2.37. The van der Waals surface area contributed by atoms with Crippen LogP contribution in [0.25, 0.3) is 0 Å². The van der Waals surface area contributed by atoms with E-state index in [2.05, 4.69) is 135 Å². The molecule has 1 N–H and O–H groups in total. The molecular formula is C50H83NO7P+. The van der Waals surface area contributed by atoms with Gasteiger partial charge in [0.05, 0.1) is 41.0 Å². The molecule has 2 atom stereocenters. The standard InChI is InChI=1S/C50H82NO7P/c1-6-8-10-12-14-16-18-20-22-24-25-26-27-28-29-31-33-35-37-39-41-43-50(52)58-49(48-57-59(53,54)56-46-44-51(3,4)5)47-55-45-42-40-38-36-34-32-30-23-21-19-17-15-13-11-9-7-2/h8-11,14-17,20-23,25-26,28-29,32,34,38,40,49H,6-7,12-13,18-19,24,27,30-31,33,35-37,39,41-48H2,1-5H3/p+1/b10-8-,11-9-,16-14-,17-15-,22-20-,23-21-,26-25-,29-28-,34-32-,40-38-. The van der Waals surface area contributed by atoms with E-state index >= 15 is 0 Å². The first-order chi connectivity index (χ1) is 28.6. The number of carbonyl (C=O) groups excluding carboxylic acids is 1. The topological polar surface area (TPSA) is 91.3 Å². The summed E-state index contributed by atoms with van der Waals surface area (Å²) in [5.74, 6) is -0.363. The third kappa shape index (κ3) is 45.8. The van der Waals surface area contributed by atoms with E-state index in [0.29, 0.717) is 24.1 Å². The number of phosphoric acid groups is 1. The molecule has 0 amide bonds. The van der Waals surface area contributed by atoms with Crippen LogP contribution in [-0.2, 0) is 27.9 Å². The largest absolute Gasteiger partial charge is 0.472 e. The lowest BCUT2D eigenvalue weighted by molar-refractivity contribution is -0.870. The third-order valence-corrected chi connectivity index (χ3v) is 9.52. The molecule has 59 heavy (non-hydrogen) atoms. The van der Waals surface area contributed by atoms with Crippen LogP contribution in [0.15, 0.2) is 122 Å². The van der Waals surface area contributed by atoms with Crippen LogP contribution in [0.1, 0.15) is 129 Å². The highest BCUT2D eigenvalue weighted by Gasteiger charge is 2.26. The number of hydrogen-bond acceptors (Lipinski definition) is 6. The number of allylic oxidation sites excluding steroid dienone is 19. The van der Waals surface area contributed by atoms with Crippen molar-refractivity contribution >= 4 is 13.8 Å². The Morgan fingerprint density at radius 2 is 0.932 bits per heavy atom. The zero-order valence-electron chi connectivity index (χ0n) is 37.7. The number of ether oxygens (including phenoxy) is 2. The molecule has 0 bridgehead atoms. The fraction of sp³-hybridized carbons (Fsp3) is 0.580. The molecule has 0 heterocycles. The van der Waals surface area contributed by atoms with Gasteiger partial charge >= 0.3 is 13.8 Å². The van der Waals surface area contributed by atoms with Gasteiger partial charge < -0.3 is 18.9 Å². The molecule has 0 saturated heterocycles. The minimum atomic E-state index is -4.31. The normalized spacial score (nSPS) is 14.9. The van der Waals surface area contributed by atoms with E-state index in [9.17, 15) is 14.3 Å². The Morgan fingerprint density at radius 3 is 1.39 bits per heavy atom. The SMILES string of the molecule is CC/C=C\C/C=C\C/C=C\C/C=C\C/C=C\CCCCCCCC(=O)OC(COCC/C=C\C/C=C\C/C=C\C/C=C\C/C=C\CC)COP(=O)(O)OCC[N+](C)(C)C. The lowest BCUT2D eigenvalue weighted by Gasteiger charge is -2.24. The Labute approximate surface area is 361 Å². The summed E-state index contributed by atoms with van der Waals surface area (Å²) in [7, 11) is 1.58. The van der Waals surface area contributed by atoms with E-state index in [1.54, 1.807) is 0 Å². The molecule has 0 spiro atoms. The highest BCUT2D eigenvalue weighted by molar-refractivity contribution is 7.47. The van der Waals surface area contributed by atoms with Gasteiger partial charge in [-0.2, -0.15) is 0 Å². The first-order valence-electron chi connectivity index (χ1n) is 22.3. The summed E-state index contributed by atoms with van der Waals surface area (Å²) in [6.07, 6.45) is 59.7. The molecular weight excluding hydrogens is 758 g/mol. The molecule has 0 rings (SSSR count). The summed E-state index contributed by atoms with van der Waals surface area (Å²) in [5.41, 5.74) is 0. The van der Waals surface area contributed by atoms with Crippen LogP contribution in [0.3, 0.4) is 0 Å². The lowest BCUT2D eigenvalue weighted by atomic mass is 10.1. The Bertz CT molecular complexity index is 1350. The molecule has 0 aromatic rings. The summed E-state index contributed by atoms with van der Waals surface area (Å²) in [5, 5.41) is 0. The van der Waals surface area contributed by atoms with E-state index in [1.807, 2.05) is 21.1 Å². The van der Waals surface area contributed by atoms with Gasteiger partial charge in [0.15, 0.2) is 0 Å². The minimum Gasteiger partial charge on any atom is -0.457 e. The molecule has 0 aliphatic heterocycles. The van der Waals surface area contributed by atoms with E-state index in [1.165, 1.54) is 0 Å². The van der Waals surface area contributed by atoms with E-state index in [0.717, 1.165) is 103 Å². The van der Waals surface area contributed by atoms with Gasteiger partial charge in [-0.1, -0.05) is 155 Å². The summed E-state index contributed by atoms with van der Waals surface area (Å²) < 4.78 is 34.9. The van der Waals surface area contributed by atoms with Crippen LogP contribution in [-0.4, -0.2) is 75.6 Å². The number of hydrogen-bond donors (Lipinski definition) is 1. The van der Waals surface area contributed by atoms with E-state index < -0.39 is 13.9 Å². The Balaban J connectivity index is 4.41. The van der Waals surface area contributed by atoms with Gasteiger partial charge in [0.1, 0.15) is 19.3 Å². The van der Waals surface area contributed by atoms with Crippen molar-refractivity contribution in [3.8, 4) is 0 Å². The number of phosphoric ester groups is 1. The average molecular weight is 841 g/mol. The number of esters is 1. The number of nitrogens with zero attached hydrogens (tertiary/aromatic N) is 1. The number of carbonyl (C=O) groups is 1. The molecule has 0 saturated carbocycles. The number of likely N-dealkylation sites (N-methyl/N-ethyl adjacent to an activating group) is 1. The van der Waals surface area contributed by atoms with E-state index in [-0.39, 0.29) is 32.2 Å². The fourth-order valence-electron chi connectivity index (χ4n) is 5.17. The summed E-state index contributed by atoms with van der Waals surface area (Å²) in [6.45, 7) is 5.09. The molecule has 0 radical (unpaired) electrons. The number of quaternary nitrogens is 1. The van der Waals surface area contributed by atoms with Crippen molar-refractivity contribution in [2.45, 2.75) is 136 Å². The van der Waals surface area contributed by atoms with Crippen molar-refractivity contribution in [2.24, 2.45) is 0 Å². The molecule has 0 fully saturated rings. The van der Waals surface area contributed by atoms with E-state index in [4.69, 9.17) is 18.5 Å². The molecule has 8 nitrogen and oxygen atoms in total. The van der Waals surface area contributed by atoms with Crippen molar-refractivity contribution in [1.82, 2.24) is 0 Å². The minimum absolute atomic E-state index is 0.0606. The molecule has 0 aliphatic rings. The molecule has 0 aromatic heterocycles. The van der Waals surface area contributed by atoms with Crippen LogP contribution in [0.2, 0.25) is 0 Å². The quantitative estimate of drug-likeness (QED) is 0.0217. The second kappa shape index (κ2) is 41.6. The maximum Gasteiger partial charge on any atom is 0.472 e. The van der Waals surface area contributed by atoms with Crippen LogP contribution in [0, 0.1) is 0 Å². The second-order valence-corrected chi connectivity index (χ2v) is 16.8. The van der Waals surface area contributed by atoms with Gasteiger partial charge in [-0.25, -0.2) is 4.57 Å². The van der Waals surface area contributed by atoms with Crippen LogP contribution < -0.4 is 0 Å². The first-order valence-corrected chi connectivity index (χ1v) is 23.8. The zero-order valence-corrected chi connectivity index (χ0v) is 38.6. The van der Waals surface area contributed by atoms with Gasteiger partial charge in [-0.3, -0.25) is 13.8 Å². The third-order valence-electron chi connectivity index (χ3n) is 8.54. The van der Waals surface area contributed by atoms with Gasteiger partial charge in [-0.05, 0) is 89.9 Å². The first kappa shape index (κ1) is 55.9. The predicted molar refractivity (Wildman–Crippen MR) is 251 cm³/mol.